The van der Waals surface area contributed by atoms with Crippen LogP contribution in [0.3, 0.4) is 0 Å². The van der Waals surface area contributed by atoms with Crippen molar-refractivity contribution in [2.45, 2.75) is 0 Å². The third-order valence-corrected chi connectivity index (χ3v) is 3.70. The molecule has 3 aromatic rings. The number of methoxy groups -OCH3 is 1. The molecule has 0 aliphatic heterocycles. The van der Waals surface area contributed by atoms with Gasteiger partial charge in [0.1, 0.15) is 11.3 Å². The van der Waals surface area contributed by atoms with Gasteiger partial charge in [0.15, 0.2) is 17.5 Å². The molecule has 1 aromatic heterocycles. The van der Waals surface area contributed by atoms with Crippen LogP contribution in [0.5, 0.6) is 5.75 Å². The zero-order chi connectivity index (χ0) is 17.1. The fourth-order valence-corrected chi connectivity index (χ4v) is 2.40. The lowest BCUT2D eigenvalue weighted by Crippen LogP contribution is -2.22. The Kier molecular flexibility index (Phi) is 4.13. The van der Waals surface area contributed by atoms with Gasteiger partial charge < -0.3 is 9.15 Å². The molecule has 5 nitrogen and oxygen atoms in total. The number of ketones is 2. The molecule has 24 heavy (non-hydrogen) atoms. The number of nitriles is 1. The van der Waals surface area contributed by atoms with Crippen LogP contribution in [0.2, 0.25) is 0 Å². The first kappa shape index (κ1) is 15.5. The summed E-state index contributed by atoms with van der Waals surface area (Å²) in [6.07, 6.45) is 0. The molecule has 0 spiro atoms. The van der Waals surface area contributed by atoms with Crippen LogP contribution in [-0.4, -0.2) is 18.7 Å². The molecule has 118 valence electrons. The number of para-hydroxylation sites is 1. The molecule has 1 atom stereocenters. The number of Topliss-reactive ketones (excluding diaryl/α,β-unsaturated/α-hetero) is 2. The lowest BCUT2D eigenvalue weighted by atomic mass is 9.93. The number of furan rings is 1. The highest BCUT2D eigenvalue weighted by Crippen LogP contribution is 2.23. The Morgan fingerprint density at radius 1 is 1.08 bits per heavy atom. The minimum atomic E-state index is -1.45. The Hall–Kier alpha value is -3.39. The molecule has 0 amide bonds. The van der Waals surface area contributed by atoms with Crippen molar-refractivity contribution in [2.24, 2.45) is 5.92 Å². The third-order valence-electron chi connectivity index (χ3n) is 3.70. The number of ether oxygens (including phenoxy) is 1. The van der Waals surface area contributed by atoms with E-state index in [4.69, 9.17) is 9.15 Å². The van der Waals surface area contributed by atoms with E-state index in [1.54, 1.807) is 42.5 Å². The fraction of sp³-hybridized carbons (Fsp3) is 0.105. The molecule has 0 N–H and O–H groups in total. The molecule has 1 heterocycles. The predicted molar refractivity (Wildman–Crippen MR) is 87.0 cm³/mol. The van der Waals surface area contributed by atoms with E-state index >= 15 is 0 Å². The Bertz CT molecular complexity index is 914. The first-order chi connectivity index (χ1) is 11.6. The van der Waals surface area contributed by atoms with E-state index in [0.717, 1.165) is 5.39 Å². The van der Waals surface area contributed by atoms with Gasteiger partial charge in [-0.05, 0) is 36.4 Å². The van der Waals surface area contributed by atoms with E-state index in [9.17, 15) is 14.9 Å². The second kappa shape index (κ2) is 6.39. The van der Waals surface area contributed by atoms with E-state index < -0.39 is 17.5 Å². The van der Waals surface area contributed by atoms with Crippen molar-refractivity contribution in [1.82, 2.24) is 0 Å². The van der Waals surface area contributed by atoms with Gasteiger partial charge in [0.25, 0.3) is 0 Å². The molecule has 2 aromatic carbocycles. The molecule has 0 fully saturated rings. The van der Waals surface area contributed by atoms with Crippen LogP contribution in [0, 0.1) is 17.2 Å². The molecule has 0 radical (unpaired) electrons. The largest absolute Gasteiger partial charge is 0.497 e. The SMILES string of the molecule is COc1ccc(C(=O)[C@H](C#N)C(=O)c2cc3ccccc3o2)cc1. The number of rotatable bonds is 5. The molecule has 5 heteroatoms. The Balaban J connectivity index is 1.90. The van der Waals surface area contributed by atoms with Crippen molar-refractivity contribution in [1.29, 1.82) is 5.26 Å². The minimum absolute atomic E-state index is 0.00427. The molecule has 0 aliphatic rings. The van der Waals surface area contributed by atoms with Crippen LogP contribution in [-0.2, 0) is 0 Å². The van der Waals surface area contributed by atoms with Gasteiger partial charge in [0, 0.05) is 10.9 Å². The molecule has 0 bridgehead atoms. The maximum atomic E-state index is 12.5. The third kappa shape index (κ3) is 2.77. The second-order valence-corrected chi connectivity index (χ2v) is 5.17. The summed E-state index contributed by atoms with van der Waals surface area (Å²) in [7, 11) is 1.51. The molecule has 0 saturated carbocycles. The monoisotopic (exact) mass is 319 g/mol. The molecular weight excluding hydrogens is 306 g/mol. The van der Waals surface area contributed by atoms with Crippen molar-refractivity contribution in [3.8, 4) is 11.8 Å². The van der Waals surface area contributed by atoms with Gasteiger partial charge >= 0.3 is 0 Å². The lowest BCUT2D eigenvalue weighted by Gasteiger charge is -2.06. The number of carbonyl (C=O) groups excluding carboxylic acids is 2. The van der Waals surface area contributed by atoms with Crippen LogP contribution >= 0.6 is 0 Å². The Morgan fingerprint density at radius 3 is 2.42 bits per heavy atom. The van der Waals surface area contributed by atoms with Crippen molar-refractivity contribution >= 4 is 22.5 Å². The van der Waals surface area contributed by atoms with E-state index in [1.165, 1.54) is 19.2 Å². The fourth-order valence-electron chi connectivity index (χ4n) is 2.40. The normalized spacial score (nSPS) is 11.7. The van der Waals surface area contributed by atoms with Crippen molar-refractivity contribution in [2.75, 3.05) is 7.11 Å². The first-order valence-electron chi connectivity index (χ1n) is 7.24. The summed E-state index contributed by atoms with van der Waals surface area (Å²) >= 11 is 0. The predicted octanol–water partition coefficient (Wildman–Crippen LogP) is 3.65. The zero-order valence-electron chi connectivity index (χ0n) is 12.9. The van der Waals surface area contributed by atoms with Gasteiger partial charge in [0.05, 0.1) is 13.2 Å². The number of hydrogen-bond donors (Lipinski definition) is 0. The smallest absolute Gasteiger partial charge is 0.223 e. The number of nitrogens with zero attached hydrogens (tertiary/aromatic N) is 1. The summed E-state index contributed by atoms with van der Waals surface area (Å²) in [5.74, 6) is -2.06. The van der Waals surface area contributed by atoms with Gasteiger partial charge in [-0.3, -0.25) is 9.59 Å². The standard InChI is InChI=1S/C19H13NO4/c1-23-14-8-6-12(7-9-14)18(21)15(11-20)19(22)17-10-13-4-2-3-5-16(13)24-17/h2-10,15H,1H3/t15-/m0/s1. The van der Waals surface area contributed by atoms with E-state index in [2.05, 4.69) is 0 Å². The number of fused-ring (bicyclic) bond motifs is 1. The quantitative estimate of drug-likeness (QED) is 0.530. The minimum Gasteiger partial charge on any atom is -0.497 e. The highest BCUT2D eigenvalue weighted by Gasteiger charge is 2.30. The van der Waals surface area contributed by atoms with Crippen molar-refractivity contribution < 1.29 is 18.7 Å². The van der Waals surface area contributed by atoms with E-state index in [1.807, 2.05) is 6.07 Å². The maximum absolute atomic E-state index is 12.5. The lowest BCUT2D eigenvalue weighted by molar-refractivity contribution is 0.0830. The van der Waals surface area contributed by atoms with Gasteiger partial charge in [0.2, 0.25) is 5.78 Å². The van der Waals surface area contributed by atoms with Crippen LogP contribution in [0.25, 0.3) is 11.0 Å². The summed E-state index contributed by atoms with van der Waals surface area (Å²) in [4.78, 5) is 25.0. The van der Waals surface area contributed by atoms with Gasteiger partial charge in [-0.1, -0.05) is 18.2 Å². The van der Waals surface area contributed by atoms with Crippen molar-refractivity contribution in [3.05, 3.63) is 65.9 Å². The summed E-state index contributed by atoms with van der Waals surface area (Å²) in [5.41, 5.74) is 0.807. The highest BCUT2D eigenvalue weighted by molar-refractivity contribution is 6.17. The summed E-state index contributed by atoms with van der Waals surface area (Å²) in [6.45, 7) is 0. The average molecular weight is 319 g/mol. The van der Waals surface area contributed by atoms with Gasteiger partial charge in [-0.15, -0.1) is 0 Å². The number of benzene rings is 2. The Labute approximate surface area is 138 Å². The average Bonchev–Trinajstić information content (AvgIpc) is 3.06. The Morgan fingerprint density at radius 2 is 1.79 bits per heavy atom. The van der Waals surface area contributed by atoms with Crippen LogP contribution in [0.4, 0.5) is 0 Å². The maximum Gasteiger partial charge on any atom is 0.223 e. The van der Waals surface area contributed by atoms with Crippen LogP contribution in [0.15, 0.2) is 59.0 Å². The zero-order valence-corrected chi connectivity index (χ0v) is 12.9. The number of carbonyl (C=O) groups is 2. The molecule has 0 aliphatic carbocycles. The highest BCUT2D eigenvalue weighted by atomic mass is 16.5. The van der Waals surface area contributed by atoms with Crippen LogP contribution in [0.1, 0.15) is 20.9 Å². The number of hydrogen-bond acceptors (Lipinski definition) is 5. The van der Waals surface area contributed by atoms with E-state index in [0.29, 0.717) is 11.3 Å². The summed E-state index contributed by atoms with van der Waals surface area (Å²) < 4.78 is 10.5. The van der Waals surface area contributed by atoms with Gasteiger partial charge in [-0.25, -0.2) is 0 Å². The van der Waals surface area contributed by atoms with Crippen LogP contribution < -0.4 is 4.74 Å². The molecule has 3 rings (SSSR count). The molecule has 0 unspecified atom stereocenters. The van der Waals surface area contributed by atoms with E-state index in [-0.39, 0.29) is 11.3 Å². The van der Waals surface area contributed by atoms with Crippen molar-refractivity contribution in [3.63, 3.8) is 0 Å². The summed E-state index contributed by atoms with van der Waals surface area (Å²) in [5, 5.41) is 10.1. The topological polar surface area (TPSA) is 80.3 Å². The summed E-state index contributed by atoms with van der Waals surface area (Å²) in [6, 6.07) is 16.7. The molecule has 0 saturated heterocycles. The second-order valence-electron chi connectivity index (χ2n) is 5.17. The molecular formula is C19H13NO4. The first-order valence-corrected chi connectivity index (χ1v) is 7.24. The van der Waals surface area contributed by atoms with Gasteiger partial charge in [-0.2, -0.15) is 5.26 Å².